The minimum absolute atomic E-state index is 0.219. The molecule has 0 N–H and O–H groups in total. The highest BCUT2D eigenvalue weighted by Gasteiger charge is 1.99. The summed E-state index contributed by atoms with van der Waals surface area (Å²) in [6.07, 6.45) is 0. The number of hydrogen-bond donors (Lipinski definition) is 1. The van der Waals surface area contributed by atoms with Crippen molar-refractivity contribution < 1.29 is 9.53 Å². The van der Waals surface area contributed by atoms with Crippen molar-refractivity contribution in [3.05, 3.63) is 0 Å². The molecule has 0 heterocycles. The Morgan fingerprint density at radius 3 is 2.67 bits per heavy atom. The minimum Gasteiger partial charge on any atom is -0.466 e. The third-order valence-corrected chi connectivity index (χ3v) is 1.51. The number of carbonyl (C=O) groups excluding carboxylic acids is 1. The van der Waals surface area contributed by atoms with Crippen LogP contribution in [0.15, 0.2) is 0 Å². The molecule has 1 atom stereocenters. The van der Waals surface area contributed by atoms with Crippen LogP contribution in [-0.2, 0) is 9.53 Å². The van der Waals surface area contributed by atoms with E-state index in [9.17, 15) is 4.79 Å². The van der Waals surface area contributed by atoms with Gasteiger partial charge < -0.3 is 4.74 Å². The third-order valence-electron chi connectivity index (χ3n) is 0.883. The Morgan fingerprint density at radius 2 is 2.33 bits per heavy atom. The minimum atomic E-state index is -0.219. The van der Waals surface area contributed by atoms with E-state index in [2.05, 4.69) is 12.6 Å². The molecule has 0 aromatic rings. The Balaban J connectivity index is 3.16. The monoisotopic (exact) mass is 148 g/mol. The zero-order chi connectivity index (χ0) is 7.28. The quantitative estimate of drug-likeness (QED) is 0.479. The summed E-state index contributed by atoms with van der Waals surface area (Å²) in [6.45, 7) is 3.88. The lowest BCUT2D eigenvalue weighted by Crippen LogP contribution is -2.09. The van der Waals surface area contributed by atoms with Gasteiger partial charge in [-0.15, -0.1) is 0 Å². The summed E-state index contributed by atoms with van der Waals surface area (Å²) < 4.78 is 4.71. The van der Waals surface area contributed by atoms with Gasteiger partial charge in [-0.1, -0.05) is 6.92 Å². The van der Waals surface area contributed by atoms with Gasteiger partial charge in [0.1, 0.15) is 0 Å². The van der Waals surface area contributed by atoms with E-state index in [4.69, 9.17) is 4.74 Å². The normalized spacial score (nSPS) is 12.8. The maximum Gasteiger partial charge on any atom is 0.302 e. The molecule has 0 saturated carbocycles. The molecule has 0 aliphatic rings. The van der Waals surface area contributed by atoms with Gasteiger partial charge in [-0.05, 0) is 11.7 Å². The Morgan fingerprint density at radius 1 is 1.78 bits per heavy atom. The zero-order valence-corrected chi connectivity index (χ0v) is 6.65. The number of esters is 1. The van der Waals surface area contributed by atoms with Gasteiger partial charge in [-0.3, -0.25) is 4.79 Å². The summed E-state index contributed by atoms with van der Waals surface area (Å²) >= 11 is 4.03. The fourth-order valence-corrected chi connectivity index (χ4v) is 0.418. The molecule has 0 aliphatic heterocycles. The maximum absolute atomic E-state index is 10.2. The summed E-state index contributed by atoms with van der Waals surface area (Å²) in [4.78, 5) is 10.2. The van der Waals surface area contributed by atoms with Crippen LogP contribution >= 0.6 is 12.6 Å². The van der Waals surface area contributed by atoms with Gasteiger partial charge in [-0.2, -0.15) is 12.6 Å². The van der Waals surface area contributed by atoms with Crippen LogP contribution in [0.1, 0.15) is 13.8 Å². The molecule has 0 aliphatic carbocycles. The predicted molar refractivity (Wildman–Crippen MR) is 39.7 cm³/mol. The second-order valence-corrected chi connectivity index (χ2v) is 2.46. The second kappa shape index (κ2) is 4.68. The maximum atomic E-state index is 10.2. The second-order valence-electron chi connectivity index (χ2n) is 2.09. The first-order valence-electron chi connectivity index (χ1n) is 2.91. The van der Waals surface area contributed by atoms with Crippen molar-refractivity contribution >= 4 is 18.6 Å². The number of carbonyl (C=O) groups is 1. The van der Waals surface area contributed by atoms with Crippen LogP contribution in [0.4, 0.5) is 0 Å². The lowest BCUT2D eigenvalue weighted by atomic mass is 10.2. The van der Waals surface area contributed by atoms with Crippen molar-refractivity contribution in [2.75, 3.05) is 12.4 Å². The number of thiol groups is 1. The first-order chi connectivity index (χ1) is 4.16. The average Bonchev–Trinajstić information content (AvgIpc) is 1.83. The Labute approximate surface area is 61.0 Å². The van der Waals surface area contributed by atoms with Crippen molar-refractivity contribution in [1.29, 1.82) is 0 Å². The number of hydrogen-bond acceptors (Lipinski definition) is 3. The van der Waals surface area contributed by atoms with Crippen molar-refractivity contribution in [2.24, 2.45) is 5.92 Å². The van der Waals surface area contributed by atoms with Crippen LogP contribution < -0.4 is 0 Å². The fourth-order valence-electron chi connectivity index (χ4n) is 0.312. The van der Waals surface area contributed by atoms with Crippen molar-refractivity contribution in [3.63, 3.8) is 0 Å². The van der Waals surface area contributed by atoms with Crippen molar-refractivity contribution in [2.45, 2.75) is 13.8 Å². The molecule has 3 heteroatoms. The number of rotatable bonds is 3. The molecule has 9 heavy (non-hydrogen) atoms. The van der Waals surface area contributed by atoms with E-state index in [1.807, 2.05) is 6.92 Å². The molecule has 1 unspecified atom stereocenters. The van der Waals surface area contributed by atoms with Gasteiger partial charge in [0, 0.05) is 6.92 Å². The molecular weight excluding hydrogens is 136 g/mol. The van der Waals surface area contributed by atoms with Crippen LogP contribution in [0.2, 0.25) is 0 Å². The molecule has 0 rings (SSSR count). The molecular formula is C6H12O2S. The Kier molecular flexibility index (Phi) is 4.58. The van der Waals surface area contributed by atoms with Gasteiger partial charge in [-0.25, -0.2) is 0 Å². The van der Waals surface area contributed by atoms with Gasteiger partial charge in [0.05, 0.1) is 6.61 Å². The topological polar surface area (TPSA) is 26.3 Å². The van der Waals surface area contributed by atoms with Crippen LogP contribution in [0.3, 0.4) is 0 Å². The molecule has 0 aromatic heterocycles. The van der Waals surface area contributed by atoms with E-state index in [1.54, 1.807) is 0 Å². The van der Waals surface area contributed by atoms with E-state index in [0.29, 0.717) is 12.5 Å². The number of ether oxygens (including phenoxy) is 1. The molecule has 0 spiro atoms. The molecule has 0 amide bonds. The van der Waals surface area contributed by atoms with Crippen LogP contribution in [0, 0.1) is 5.92 Å². The summed E-state index contributed by atoms with van der Waals surface area (Å²) in [5, 5.41) is 0. The van der Waals surface area contributed by atoms with Crippen LogP contribution in [-0.4, -0.2) is 18.3 Å². The van der Waals surface area contributed by atoms with Gasteiger partial charge in [0.15, 0.2) is 0 Å². The van der Waals surface area contributed by atoms with Gasteiger partial charge >= 0.3 is 5.97 Å². The lowest BCUT2D eigenvalue weighted by Gasteiger charge is -2.05. The van der Waals surface area contributed by atoms with E-state index >= 15 is 0 Å². The molecule has 0 bridgehead atoms. The molecule has 0 saturated heterocycles. The van der Waals surface area contributed by atoms with Crippen LogP contribution in [0.25, 0.3) is 0 Å². The SMILES string of the molecule is CC(=O)OCC(C)CS. The fraction of sp³-hybridized carbons (Fsp3) is 0.833. The van der Waals surface area contributed by atoms with Crippen molar-refractivity contribution in [1.82, 2.24) is 0 Å². The lowest BCUT2D eigenvalue weighted by molar-refractivity contribution is -0.141. The van der Waals surface area contributed by atoms with E-state index in [-0.39, 0.29) is 5.97 Å². The first-order valence-corrected chi connectivity index (χ1v) is 3.54. The highest BCUT2D eigenvalue weighted by molar-refractivity contribution is 7.80. The molecule has 0 fully saturated rings. The summed E-state index contributed by atoms with van der Waals surface area (Å²) in [7, 11) is 0. The van der Waals surface area contributed by atoms with Crippen molar-refractivity contribution in [3.8, 4) is 0 Å². The van der Waals surface area contributed by atoms with E-state index in [0.717, 1.165) is 5.75 Å². The standard InChI is InChI=1S/C6H12O2S/c1-5(4-9)3-8-6(2)7/h5,9H,3-4H2,1-2H3. The Bertz CT molecular complexity index is 93.1. The largest absolute Gasteiger partial charge is 0.466 e. The first kappa shape index (κ1) is 8.82. The third kappa shape index (κ3) is 5.69. The predicted octanol–water partition coefficient (Wildman–Crippen LogP) is 1.12. The molecule has 0 aromatic carbocycles. The molecule has 0 radical (unpaired) electrons. The molecule has 2 nitrogen and oxygen atoms in total. The van der Waals surface area contributed by atoms with E-state index in [1.165, 1.54) is 6.92 Å². The smallest absolute Gasteiger partial charge is 0.302 e. The highest BCUT2D eigenvalue weighted by atomic mass is 32.1. The summed E-state index contributed by atoms with van der Waals surface area (Å²) in [6, 6.07) is 0. The molecule has 54 valence electrons. The van der Waals surface area contributed by atoms with Gasteiger partial charge in [0.25, 0.3) is 0 Å². The zero-order valence-electron chi connectivity index (χ0n) is 5.76. The highest BCUT2D eigenvalue weighted by Crippen LogP contribution is 1.97. The van der Waals surface area contributed by atoms with Crippen LogP contribution in [0.5, 0.6) is 0 Å². The van der Waals surface area contributed by atoms with E-state index < -0.39 is 0 Å². The average molecular weight is 148 g/mol. The van der Waals surface area contributed by atoms with Gasteiger partial charge in [0.2, 0.25) is 0 Å². The summed E-state index contributed by atoms with van der Waals surface area (Å²) in [5.41, 5.74) is 0. The summed E-state index contributed by atoms with van der Waals surface area (Å²) in [5.74, 6) is 0.897. The Hall–Kier alpha value is -0.180.